The van der Waals surface area contributed by atoms with E-state index in [0.29, 0.717) is 0 Å². The first-order chi connectivity index (χ1) is 9.94. The van der Waals surface area contributed by atoms with Crippen LogP contribution in [0.5, 0.6) is 5.75 Å². The molecule has 2 N–H and O–H groups in total. The molecule has 2 aromatic rings. The lowest BCUT2D eigenvalue weighted by molar-refractivity contribution is 0.0696. The summed E-state index contributed by atoms with van der Waals surface area (Å²) in [7, 11) is -2.79. The van der Waals surface area contributed by atoms with Crippen LogP contribution in [0.2, 0.25) is 0 Å². The van der Waals surface area contributed by atoms with Gasteiger partial charge in [-0.3, -0.25) is 0 Å². The predicted octanol–water partition coefficient (Wildman–Crippen LogP) is 0.379. The van der Waals surface area contributed by atoms with Crippen molar-refractivity contribution in [1.82, 2.24) is 15.2 Å². The van der Waals surface area contributed by atoms with Crippen molar-refractivity contribution in [2.24, 2.45) is 0 Å². The van der Waals surface area contributed by atoms with Gasteiger partial charge in [0.05, 0.1) is 25.1 Å². The molecule has 0 aliphatic carbocycles. The second kappa shape index (κ2) is 5.71. The van der Waals surface area contributed by atoms with Crippen LogP contribution in [0.4, 0.5) is 5.95 Å². The van der Waals surface area contributed by atoms with Crippen LogP contribution in [0, 0.1) is 0 Å². The van der Waals surface area contributed by atoms with Gasteiger partial charge in [0.1, 0.15) is 10.6 Å². The van der Waals surface area contributed by atoms with E-state index < -0.39 is 16.0 Å². The molecule has 1 heterocycles. The number of nitrogens with one attached hydrogen (secondary N) is 1. The number of benzene rings is 1. The van der Waals surface area contributed by atoms with E-state index in [-0.39, 0.29) is 22.2 Å². The number of rotatable bonds is 5. The molecule has 10 heteroatoms. The summed E-state index contributed by atoms with van der Waals surface area (Å²) < 4.78 is 31.5. The summed E-state index contributed by atoms with van der Waals surface area (Å²) in [6.07, 6.45) is 2.57. The number of carboxylic acids is 1. The van der Waals surface area contributed by atoms with Crippen LogP contribution in [-0.4, -0.2) is 41.8 Å². The SMILES string of the molecule is COc1cc(C(=O)O)ccc1S(=O)(=O)Nc1nccnn1. The second-order valence-electron chi connectivity index (χ2n) is 3.74. The maximum atomic E-state index is 12.2. The highest BCUT2D eigenvalue weighted by Crippen LogP contribution is 2.26. The quantitative estimate of drug-likeness (QED) is 0.810. The molecule has 0 saturated heterocycles. The van der Waals surface area contributed by atoms with E-state index >= 15 is 0 Å². The lowest BCUT2D eigenvalue weighted by Crippen LogP contribution is -2.16. The molecule has 0 spiro atoms. The van der Waals surface area contributed by atoms with E-state index in [1.54, 1.807) is 0 Å². The normalized spacial score (nSPS) is 10.9. The fraction of sp³-hybridized carbons (Fsp3) is 0.0909. The van der Waals surface area contributed by atoms with E-state index in [2.05, 4.69) is 19.9 Å². The van der Waals surface area contributed by atoms with Gasteiger partial charge in [-0.25, -0.2) is 22.9 Å². The van der Waals surface area contributed by atoms with E-state index in [4.69, 9.17) is 9.84 Å². The standard InChI is InChI=1S/C11H10N4O5S/c1-20-8-6-7(10(16)17)2-3-9(8)21(18,19)15-11-12-4-5-13-14-11/h2-6H,1H3,(H,16,17)(H,12,14,15). The van der Waals surface area contributed by atoms with Gasteiger partial charge >= 0.3 is 5.97 Å². The Morgan fingerprint density at radius 3 is 2.67 bits per heavy atom. The molecular weight excluding hydrogens is 300 g/mol. The van der Waals surface area contributed by atoms with Crippen LogP contribution in [0.15, 0.2) is 35.5 Å². The Bertz CT molecular complexity index is 763. The number of carbonyl (C=O) groups is 1. The van der Waals surface area contributed by atoms with Crippen LogP contribution in [-0.2, 0) is 10.0 Å². The molecule has 0 atom stereocenters. The van der Waals surface area contributed by atoms with Crippen LogP contribution < -0.4 is 9.46 Å². The monoisotopic (exact) mass is 310 g/mol. The molecule has 0 amide bonds. The van der Waals surface area contributed by atoms with E-state index in [9.17, 15) is 13.2 Å². The number of sulfonamides is 1. The van der Waals surface area contributed by atoms with Gasteiger partial charge in [-0.2, -0.15) is 5.10 Å². The Balaban J connectivity index is 2.42. The summed E-state index contributed by atoms with van der Waals surface area (Å²) in [6.45, 7) is 0. The fourth-order valence-corrected chi connectivity index (χ4v) is 2.59. The zero-order valence-electron chi connectivity index (χ0n) is 10.7. The first-order valence-corrected chi connectivity index (χ1v) is 7.00. The molecule has 0 unspecified atom stereocenters. The molecule has 0 aliphatic rings. The maximum absolute atomic E-state index is 12.2. The molecule has 1 aromatic heterocycles. The third-order valence-electron chi connectivity index (χ3n) is 2.41. The number of aromatic carboxylic acids is 1. The van der Waals surface area contributed by atoms with Gasteiger partial charge in [-0.05, 0) is 18.2 Å². The van der Waals surface area contributed by atoms with E-state index in [1.165, 1.54) is 19.5 Å². The Kier molecular flexibility index (Phi) is 3.98. The molecule has 2 rings (SSSR count). The van der Waals surface area contributed by atoms with Gasteiger partial charge in [0.25, 0.3) is 16.0 Å². The largest absolute Gasteiger partial charge is 0.495 e. The average molecular weight is 310 g/mol. The van der Waals surface area contributed by atoms with Crippen molar-refractivity contribution in [3.63, 3.8) is 0 Å². The molecule has 0 bridgehead atoms. The summed E-state index contributed by atoms with van der Waals surface area (Å²) in [6, 6.07) is 3.39. The summed E-state index contributed by atoms with van der Waals surface area (Å²) in [5.74, 6) is -1.51. The van der Waals surface area contributed by atoms with Crippen molar-refractivity contribution < 1.29 is 23.1 Å². The zero-order chi connectivity index (χ0) is 15.5. The van der Waals surface area contributed by atoms with Gasteiger partial charge in [0.15, 0.2) is 0 Å². The smallest absolute Gasteiger partial charge is 0.335 e. The van der Waals surface area contributed by atoms with Gasteiger partial charge in [-0.1, -0.05) is 0 Å². The average Bonchev–Trinajstić information content (AvgIpc) is 2.47. The van der Waals surface area contributed by atoms with E-state index in [1.807, 2.05) is 0 Å². The lowest BCUT2D eigenvalue weighted by atomic mass is 10.2. The highest BCUT2D eigenvalue weighted by Gasteiger charge is 2.22. The van der Waals surface area contributed by atoms with Crippen molar-refractivity contribution in [2.75, 3.05) is 11.8 Å². The molecule has 21 heavy (non-hydrogen) atoms. The minimum Gasteiger partial charge on any atom is -0.495 e. The highest BCUT2D eigenvalue weighted by atomic mass is 32.2. The van der Waals surface area contributed by atoms with Crippen molar-refractivity contribution in [3.05, 3.63) is 36.2 Å². The topological polar surface area (TPSA) is 131 Å². The minimum atomic E-state index is -4.03. The Morgan fingerprint density at radius 2 is 2.10 bits per heavy atom. The summed E-state index contributed by atoms with van der Waals surface area (Å²) in [4.78, 5) is 14.3. The van der Waals surface area contributed by atoms with Crippen LogP contribution in [0.3, 0.4) is 0 Å². The Hall–Kier alpha value is -2.75. The van der Waals surface area contributed by atoms with Crippen molar-refractivity contribution >= 4 is 21.9 Å². The maximum Gasteiger partial charge on any atom is 0.335 e. The summed E-state index contributed by atoms with van der Waals surface area (Å²) in [5, 5.41) is 15.9. The number of nitrogens with zero attached hydrogens (tertiary/aromatic N) is 3. The van der Waals surface area contributed by atoms with Gasteiger partial charge in [-0.15, -0.1) is 5.10 Å². The molecule has 0 aliphatic heterocycles. The molecule has 0 radical (unpaired) electrons. The number of aromatic nitrogens is 3. The number of ether oxygens (including phenoxy) is 1. The highest BCUT2D eigenvalue weighted by molar-refractivity contribution is 7.92. The number of hydrogen-bond donors (Lipinski definition) is 2. The molecule has 110 valence electrons. The number of anilines is 1. The Morgan fingerprint density at radius 1 is 1.33 bits per heavy atom. The van der Waals surface area contributed by atoms with Crippen LogP contribution in [0.25, 0.3) is 0 Å². The number of hydrogen-bond acceptors (Lipinski definition) is 7. The first kappa shape index (κ1) is 14.7. The van der Waals surface area contributed by atoms with Crippen molar-refractivity contribution in [1.29, 1.82) is 0 Å². The Labute approximate surface area is 119 Å². The van der Waals surface area contributed by atoms with Gasteiger partial charge in [0, 0.05) is 0 Å². The van der Waals surface area contributed by atoms with Crippen LogP contribution in [0.1, 0.15) is 10.4 Å². The van der Waals surface area contributed by atoms with Gasteiger partial charge in [0.2, 0.25) is 0 Å². The fourth-order valence-electron chi connectivity index (χ4n) is 1.49. The van der Waals surface area contributed by atoms with Crippen molar-refractivity contribution in [3.8, 4) is 5.75 Å². The predicted molar refractivity (Wildman–Crippen MR) is 70.6 cm³/mol. The van der Waals surface area contributed by atoms with E-state index in [0.717, 1.165) is 18.2 Å². The summed E-state index contributed by atoms with van der Waals surface area (Å²) in [5.41, 5.74) is -0.0940. The lowest BCUT2D eigenvalue weighted by Gasteiger charge is -2.10. The molecule has 0 saturated carbocycles. The third-order valence-corrected chi connectivity index (χ3v) is 3.78. The van der Waals surface area contributed by atoms with Crippen LogP contribution >= 0.6 is 0 Å². The molecule has 0 fully saturated rings. The number of carboxylic acid groups (broad SMARTS) is 1. The second-order valence-corrected chi connectivity index (χ2v) is 5.39. The minimum absolute atomic E-state index is 0.0940. The molecule has 1 aromatic carbocycles. The number of methoxy groups -OCH3 is 1. The summed E-state index contributed by atoms with van der Waals surface area (Å²) >= 11 is 0. The molecule has 9 nitrogen and oxygen atoms in total. The zero-order valence-corrected chi connectivity index (χ0v) is 11.5. The van der Waals surface area contributed by atoms with Crippen molar-refractivity contribution in [2.45, 2.75) is 4.90 Å². The third kappa shape index (κ3) is 3.23. The van der Waals surface area contributed by atoms with Gasteiger partial charge < -0.3 is 9.84 Å². The first-order valence-electron chi connectivity index (χ1n) is 5.52. The molecular formula is C11H10N4O5S.